The average molecular weight is 240 g/mol. The molecule has 94 valence electrons. The number of β-amino-alcohol motifs (C(OH)–C–C–N with tert-alkyl or cyclic N) is 1. The Balaban J connectivity index is 2.56. The largest absolute Gasteiger partial charge is 0.406 e. The van der Waals surface area contributed by atoms with Crippen molar-refractivity contribution in [2.24, 2.45) is 0 Å². The minimum absolute atomic E-state index is 0.00657. The lowest BCUT2D eigenvalue weighted by molar-refractivity contribution is -0.161. The van der Waals surface area contributed by atoms with Crippen LogP contribution in [0.3, 0.4) is 0 Å². The van der Waals surface area contributed by atoms with Gasteiger partial charge in [0.15, 0.2) is 0 Å². The topological polar surface area (TPSA) is 52.6 Å². The molecule has 0 radical (unpaired) electrons. The molecule has 7 heteroatoms. The van der Waals surface area contributed by atoms with E-state index in [-0.39, 0.29) is 19.5 Å². The molecule has 1 saturated heterocycles. The molecule has 2 unspecified atom stereocenters. The lowest BCUT2D eigenvalue weighted by atomic mass is 10.2. The number of amides is 1. The predicted molar refractivity (Wildman–Crippen MR) is 50.7 cm³/mol. The van der Waals surface area contributed by atoms with Crippen molar-refractivity contribution >= 4 is 5.91 Å². The maximum absolute atomic E-state index is 12.2. The van der Waals surface area contributed by atoms with Crippen LogP contribution in [0.1, 0.15) is 13.3 Å². The molecule has 0 aromatic carbocycles. The Morgan fingerprint density at radius 2 is 2.19 bits per heavy atom. The van der Waals surface area contributed by atoms with Crippen LogP contribution in [-0.2, 0) is 4.79 Å². The first kappa shape index (κ1) is 13.2. The van der Waals surface area contributed by atoms with E-state index < -0.39 is 30.8 Å². The first-order chi connectivity index (χ1) is 7.33. The van der Waals surface area contributed by atoms with Crippen molar-refractivity contribution in [2.45, 2.75) is 31.7 Å². The summed E-state index contributed by atoms with van der Waals surface area (Å²) in [6.45, 7) is 0.512. The van der Waals surface area contributed by atoms with Gasteiger partial charge in [-0.2, -0.15) is 13.2 Å². The molecule has 0 saturated carbocycles. The molecular formula is C9H15F3N2O2. The molecule has 1 fully saturated rings. The van der Waals surface area contributed by atoms with Crippen molar-refractivity contribution in [3.63, 3.8) is 0 Å². The summed E-state index contributed by atoms with van der Waals surface area (Å²) in [7, 11) is 0. The van der Waals surface area contributed by atoms with Crippen LogP contribution < -0.4 is 5.32 Å². The first-order valence-electron chi connectivity index (χ1n) is 5.10. The van der Waals surface area contributed by atoms with E-state index in [9.17, 15) is 23.1 Å². The minimum Gasteiger partial charge on any atom is -0.392 e. The summed E-state index contributed by atoms with van der Waals surface area (Å²) in [5, 5.41) is 11.9. The highest BCUT2D eigenvalue weighted by molar-refractivity contribution is 5.82. The number of nitrogens with zero attached hydrogens (tertiary/aromatic N) is 1. The first-order valence-corrected chi connectivity index (χ1v) is 5.10. The molecule has 4 nitrogen and oxygen atoms in total. The van der Waals surface area contributed by atoms with E-state index in [0.717, 1.165) is 4.90 Å². The standard InChI is InChI=1S/C9H15F3N2O2/c1-2-14(5-9(10,11)12)8(16)7-3-6(15)4-13-7/h6-7,13,15H,2-5H2,1H3. The van der Waals surface area contributed by atoms with E-state index in [2.05, 4.69) is 5.32 Å². The number of carbonyl (C=O) groups is 1. The smallest absolute Gasteiger partial charge is 0.392 e. The van der Waals surface area contributed by atoms with E-state index in [1.54, 1.807) is 0 Å². The minimum atomic E-state index is -4.39. The van der Waals surface area contributed by atoms with Crippen LogP contribution in [0, 0.1) is 0 Å². The third-order valence-corrected chi connectivity index (χ3v) is 2.47. The van der Waals surface area contributed by atoms with Gasteiger partial charge >= 0.3 is 6.18 Å². The number of hydrogen-bond acceptors (Lipinski definition) is 3. The number of aliphatic hydroxyl groups is 1. The lowest BCUT2D eigenvalue weighted by Crippen LogP contribution is -2.47. The number of carbonyl (C=O) groups excluding carboxylic acids is 1. The summed E-state index contributed by atoms with van der Waals surface area (Å²) in [4.78, 5) is 12.4. The maximum Gasteiger partial charge on any atom is 0.406 e. The number of likely N-dealkylation sites (N-methyl/N-ethyl adjacent to an activating group) is 1. The Morgan fingerprint density at radius 3 is 2.56 bits per heavy atom. The second-order valence-corrected chi connectivity index (χ2v) is 3.82. The molecule has 2 N–H and O–H groups in total. The van der Waals surface area contributed by atoms with E-state index in [0.29, 0.717) is 0 Å². The number of halogens is 3. The lowest BCUT2D eigenvalue weighted by Gasteiger charge is -2.25. The van der Waals surface area contributed by atoms with Crippen molar-refractivity contribution in [3.8, 4) is 0 Å². The Kier molecular flexibility index (Phi) is 4.15. The van der Waals surface area contributed by atoms with Gasteiger partial charge in [0, 0.05) is 13.1 Å². The van der Waals surface area contributed by atoms with Gasteiger partial charge in [0.2, 0.25) is 5.91 Å². The fraction of sp³-hybridized carbons (Fsp3) is 0.889. The fourth-order valence-corrected chi connectivity index (χ4v) is 1.69. The third kappa shape index (κ3) is 3.64. The molecule has 0 spiro atoms. The van der Waals surface area contributed by atoms with Crippen molar-refractivity contribution < 1.29 is 23.1 Å². The number of aliphatic hydroxyl groups excluding tert-OH is 1. The predicted octanol–water partition coefficient (Wildman–Crippen LogP) is 0.120. The van der Waals surface area contributed by atoms with Gasteiger partial charge in [-0.1, -0.05) is 0 Å². The van der Waals surface area contributed by atoms with Crippen molar-refractivity contribution in [3.05, 3.63) is 0 Å². The van der Waals surface area contributed by atoms with Crippen molar-refractivity contribution in [1.29, 1.82) is 0 Å². The molecule has 1 aliphatic heterocycles. The molecule has 0 bridgehead atoms. The second-order valence-electron chi connectivity index (χ2n) is 3.82. The molecule has 1 heterocycles. The molecule has 0 aromatic rings. The summed E-state index contributed by atoms with van der Waals surface area (Å²) in [5.74, 6) is -0.601. The highest BCUT2D eigenvalue weighted by atomic mass is 19.4. The summed E-state index contributed by atoms with van der Waals surface area (Å²) in [6, 6.07) is -0.697. The zero-order valence-corrected chi connectivity index (χ0v) is 8.92. The van der Waals surface area contributed by atoms with Gasteiger partial charge in [0.25, 0.3) is 0 Å². The van der Waals surface area contributed by atoms with Gasteiger partial charge in [-0.05, 0) is 13.3 Å². The van der Waals surface area contributed by atoms with Gasteiger partial charge in [-0.25, -0.2) is 0 Å². The monoisotopic (exact) mass is 240 g/mol. The Bertz CT molecular complexity index is 258. The molecule has 1 aliphatic rings. The van der Waals surface area contributed by atoms with Gasteiger partial charge < -0.3 is 15.3 Å². The number of alkyl halides is 3. The number of hydrogen-bond donors (Lipinski definition) is 2. The zero-order chi connectivity index (χ0) is 12.3. The highest BCUT2D eigenvalue weighted by Crippen LogP contribution is 2.18. The number of nitrogens with one attached hydrogen (secondary N) is 1. The summed E-state index contributed by atoms with van der Waals surface area (Å²) in [6.07, 6.45) is -4.87. The van der Waals surface area contributed by atoms with Crippen LogP contribution in [-0.4, -0.2) is 53.9 Å². The SMILES string of the molecule is CCN(CC(F)(F)F)C(=O)C1CC(O)CN1. The van der Waals surface area contributed by atoms with E-state index in [1.165, 1.54) is 6.92 Å². The van der Waals surface area contributed by atoms with Gasteiger partial charge in [0.1, 0.15) is 6.54 Å². The number of rotatable bonds is 3. The Labute approximate surface area is 91.4 Å². The van der Waals surface area contributed by atoms with Crippen molar-refractivity contribution in [2.75, 3.05) is 19.6 Å². The normalized spacial score (nSPS) is 25.8. The molecule has 2 atom stereocenters. The van der Waals surface area contributed by atoms with Crippen LogP contribution >= 0.6 is 0 Å². The molecule has 0 aromatic heterocycles. The van der Waals surface area contributed by atoms with Gasteiger partial charge in [0.05, 0.1) is 12.1 Å². The highest BCUT2D eigenvalue weighted by Gasteiger charge is 2.36. The zero-order valence-electron chi connectivity index (χ0n) is 8.92. The molecular weight excluding hydrogens is 225 g/mol. The van der Waals surface area contributed by atoms with E-state index >= 15 is 0 Å². The van der Waals surface area contributed by atoms with Gasteiger partial charge in [-0.3, -0.25) is 4.79 Å². The third-order valence-electron chi connectivity index (χ3n) is 2.47. The Hall–Kier alpha value is -0.820. The molecule has 0 aliphatic carbocycles. The molecule has 16 heavy (non-hydrogen) atoms. The van der Waals surface area contributed by atoms with Crippen LogP contribution in [0.2, 0.25) is 0 Å². The quantitative estimate of drug-likeness (QED) is 0.736. The molecule has 1 amide bonds. The average Bonchev–Trinajstić information content (AvgIpc) is 2.58. The van der Waals surface area contributed by atoms with Crippen LogP contribution in [0.5, 0.6) is 0 Å². The van der Waals surface area contributed by atoms with Crippen LogP contribution in [0.25, 0.3) is 0 Å². The summed E-state index contributed by atoms with van der Waals surface area (Å²) in [5.41, 5.74) is 0. The molecule has 1 rings (SSSR count). The van der Waals surface area contributed by atoms with Crippen LogP contribution in [0.15, 0.2) is 0 Å². The summed E-state index contributed by atoms with van der Waals surface area (Å²) < 4.78 is 36.5. The fourth-order valence-electron chi connectivity index (χ4n) is 1.69. The van der Waals surface area contributed by atoms with E-state index in [4.69, 9.17) is 0 Å². The van der Waals surface area contributed by atoms with Crippen molar-refractivity contribution in [1.82, 2.24) is 10.2 Å². The maximum atomic E-state index is 12.2. The summed E-state index contributed by atoms with van der Waals surface area (Å²) >= 11 is 0. The second kappa shape index (κ2) is 5.01. The van der Waals surface area contributed by atoms with E-state index in [1.807, 2.05) is 0 Å². The van der Waals surface area contributed by atoms with Gasteiger partial charge in [-0.15, -0.1) is 0 Å². The van der Waals surface area contributed by atoms with Crippen LogP contribution in [0.4, 0.5) is 13.2 Å². The Morgan fingerprint density at radius 1 is 1.56 bits per heavy atom.